The number of nitrogens with two attached hydrogens (primary N) is 1. The van der Waals surface area contributed by atoms with Crippen molar-refractivity contribution < 1.29 is 4.39 Å². The van der Waals surface area contributed by atoms with Gasteiger partial charge in [0.1, 0.15) is 23.3 Å². The lowest BCUT2D eigenvalue weighted by molar-refractivity contribution is 0.627. The van der Waals surface area contributed by atoms with Crippen LogP contribution in [0, 0.1) is 31.0 Å². The van der Waals surface area contributed by atoms with Crippen LogP contribution in [0.1, 0.15) is 33.3 Å². The van der Waals surface area contributed by atoms with E-state index < -0.39 is 0 Å². The Morgan fingerprint density at radius 3 is 2.59 bits per heavy atom. The second-order valence-electron chi connectivity index (χ2n) is 6.90. The summed E-state index contributed by atoms with van der Waals surface area (Å²) in [7, 11) is 1.72. The minimum atomic E-state index is -0.344. The van der Waals surface area contributed by atoms with Gasteiger partial charge in [0.15, 0.2) is 5.96 Å². The summed E-state index contributed by atoms with van der Waals surface area (Å²) < 4.78 is 14.7. The highest BCUT2D eigenvalue weighted by Gasteiger charge is 2.16. The molecule has 0 aliphatic carbocycles. The predicted octanol–water partition coefficient (Wildman–Crippen LogP) is 3.45. The molecule has 0 fully saturated rings. The summed E-state index contributed by atoms with van der Waals surface area (Å²) in [4.78, 5) is 9.85. The van der Waals surface area contributed by atoms with Crippen molar-refractivity contribution in [2.45, 2.75) is 33.2 Å². The van der Waals surface area contributed by atoms with Gasteiger partial charge >= 0.3 is 0 Å². The predicted molar refractivity (Wildman–Crippen MR) is 136 cm³/mol. The van der Waals surface area contributed by atoms with E-state index in [0.717, 1.165) is 17.1 Å². The maximum Gasteiger partial charge on any atom is 0.191 e. The van der Waals surface area contributed by atoms with Crippen molar-refractivity contribution in [1.29, 1.82) is 5.26 Å². The third-order valence-corrected chi connectivity index (χ3v) is 5.77. The molecule has 8 nitrogen and oxygen atoms in total. The smallest absolute Gasteiger partial charge is 0.191 e. The largest absolute Gasteiger partial charge is 0.382 e. The van der Waals surface area contributed by atoms with Gasteiger partial charge in [-0.2, -0.15) is 10.4 Å². The maximum atomic E-state index is 13.2. The molecule has 0 saturated carbocycles. The quantitative estimate of drug-likeness (QED) is 0.174. The summed E-state index contributed by atoms with van der Waals surface area (Å²) in [6, 6.07) is 7.95. The molecule has 4 N–H and O–H groups in total. The molecule has 1 aromatic carbocycles. The Morgan fingerprint density at radius 1 is 1.28 bits per heavy atom. The Balaban J connectivity index is 0.00000363. The molecule has 0 bridgehead atoms. The highest BCUT2D eigenvalue weighted by Crippen LogP contribution is 2.21. The lowest BCUT2D eigenvalue weighted by Crippen LogP contribution is -2.37. The summed E-state index contributed by atoms with van der Waals surface area (Å²) in [5, 5.41) is 21.6. The second-order valence-corrected chi connectivity index (χ2v) is 8.19. The number of thiazole rings is 1. The number of anilines is 1. The molecule has 0 unspecified atom stereocenters. The van der Waals surface area contributed by atoms with Crippen LogP contribution in [0.15, 0.2) is 29.3 Å². The van der Waals surface area contributed by atoms with Crippen molar-refractivity contribution in [1.82, 2.24) is 25.4 Å². The van der Waals surface area contributed by atoms with Gasteiger partial charge in [-0.3, -0.25) is 4.99 Å². The number of hydrogen-bond donors (Lipinski definition) is 3. The lowest BCUT2D eigenvalue weighted by atomic mass is 10.1. The van der Waals surface area contributed by atoms with Crippen molar-refractivity contribution in [3.63, 3.8) is 0 Å². The maximum absolute atomic E-state index is 13.2. The molecule has 11 heteroatoms. The molecule has 3 rings (SSSR count). The van der Waals surface area contributed by atoms with Gasteiger partial charge in [-0.1, -0.05) is 0 Å². The number of guanidine groups is 1. The number of nitrogens with zero attached hydrogens (tertiary/aromatic N) is 5. The molecule has 2 aromatic heterocycles. The molecule has 0 aliphatic heterocycles. The summed E-state index contributed by atoms with van der Waals surface area (Å²) in [5.74, 6) is 0.607. The number of nitrogen functional groups attached to an aromatic ring is 1. The van der Waals surface area contributed by atoms with Crippen LogP contribution in [0.4, 0.5) is 10.2 Å². The van der Waals surface area contributed by atoms with Crippen molar-refractivity contribution in [3.8, 4) is 11.8 Å². The first kappa shape index (κ1) is 25.5. The zero-order valence-electron chi connectivity index (χ0n) is 18.1. The van der Waals surface area contributed by atoms with Crippen molar-refractivity contribution >= 4 is 47.1 Å². The van der Waals surface area contributed by atoms with E-state index in [-0.39, 0.29) is 35.6 Å². The molecule has 0 radical (unpaired) electrons. The average molecular weight is 568 g/mol. The van der Waals surface area contributed by atoms with Crippen molar-refractivity contribution in [2.24, 2.45) is 4.99 Å². The normalized spacial score (nSPS) is 11.0. The highest BCUT2D eigenvalue weighted by atomic mass is 127. The number of aryl methyl sites for hydroxylation is 3. The first-order chi connectivity index (χ1) is 14.9. The summed E-state index contributed by atoms with van der Waals surface area (Å²) >= 11 is 1.67. The number of rotatable bonds is 7. The molecule has 0 saturated heterocycles. The van der Waals surface area contributed by atoms with E-state index in [1.807, 2.05) is 13.8 Å². The fourth-order valence-electron chi connectivity index (χ4n) is 3.14. The van der Waals surface area contributed by atoms with Crippen LogP contribution in [0.25, 0.3) is 5.69 Å². The van der Waals surface area contributed by atoms with Crippen LogP contribution in [0.2, 0.25) is 0 Å². The van der Waals surface area contributed by atoms with Gasteiger partial charge in [-0.25, -0.2) is 14.1 Å². The van der Waals surface area contributed by atoms with Gasteiger partial charge < -0.3 is 16.4 Å². The summed E-state index contributed by atoms with van der Waals surface area (Å²) in [6.07, 6.45) is 1.30. The van der Waals surface area contributed by atoms with Crippen LogP contribution in [-0.4, -0.2) is 34.3 Å². The molecule has 3 aromatic rings. The Labute approximate surface area is 207 Å². The van der Waals surface area contributed by atoms with Gasteiger partial charge in [0.25, 0.3) is 0 Å². The number of hydrogen-bond acceptors (Lipinski definition) is 6. The van der Waals surface area contributed by atoms with E-state index in [0.29, 0.717) is 42.4 Å². The summed E-state index contributed by atoms with van der Waals surface area (Å²) in [6.45, 7) is 5.30. The highest BCUT2D eigenvalue weighted by molar-refractivity contribution is 14.0. The molecule has 0 spiro atoms. The van der Waals surface area contributed by atoms with E-state index in [4.69, 9.17) is 5.73 Å². The van der Waals surface area contributed by atoms with Crippen LogP contribution < -0.4 is 16.4 Å². The topological polar surface area (TPSA) is 117 Å². The molecule has 0 atom stereocenters. The van der Waals surface area contributed by atoms with E-state index in [1.54, 1.807) is 30.5 Å². The Bertz CT molecular complexity index is 1110. The van der Waals surface area contributed by atoms with Crippen LogP contribution in [0.3, 0.4) is 0 Å². The van der Waals surface area contributed by atoms with Crippen molar-refractivity contribution in [3.05, 3.63) is 56.9 Å². The first-order valence-corrected chi connectivity index (χ1v) is 10.7. The molecule has 0 aliphatic rings. The molecule has 2 heterocycles. The van der Waals surface area contributed by atoms with E-state index in [9.17, 15) is 9.65 Å². The molecular formula is C21H26FIN8S. The van der Waals surface area contributed by atoms with E-state index in [1.165, 1.54) is 21.7 Å². The standard InChI is InChI=1S/C21H25FN8S.HI/c1-13-19(31-14(2)28-13)12-27-21(25-3)26-10-4-5-18-17(11-23)20(24)30(29-18)16-8-6-15(22)7-9-16;/h6-9H,4-5,10,12,24H2,1-3H3,(H2,25,26,27);1H. The average Bonchev–Trinajstić information content (AvgIpc) is 3.25. The number of benzene rings is 1. The lowest BCUT2D eigenvalue weighted by Gasteiger charge is -2.11. The fourth-order valence-corrected chi connectivity index (χ4v) is 4.02. The SMILES string of the molecule is CN=C(NCCCc1nn(-c2ccc(F)cc2)c(N)c1C#N)NCc1sc(C)nc1C.I. The minimum Gasteiger partial charge on any atom is -0.382 e. The Morgan fingerprint density at radius 2 is 2.00 bits per heavy atom. The number of aliphatic imine (C=N–C) groups is 1. The second kappa shape index (κ2) is 11.8. The van der Waals surface area contributed by atoms with Gasteiger partial charge in [0.05, 0.1) is 28.6 Å². The van der Waals surface area contributed by atoms with Crippen molar-refractivity contribution in [2.75, 3.05) is 19.3 Å². The molecular weight excluding hydrogens is 542 g/mol. The summed E-state index contributed by atoms with van der Waals surface area (Å²) in [5.41, 5.74) is 8.71. The molecule has 32 heavy (non-hydrogen) atoms. The van der Waals surface area contributed by atoms with Gasteiger partial charge in [0, 0.05) is 18.5 Å². The van der Waals surface area contributed by atoms with Gasteiger partial charge in [-0.15, -0.1) is 35.3 Å². The number of aromatic nitrogens is 3. The third kappa shape index (κ3) is 6.17. The first-order valence-electron chi connectivity index (χ1n) is 9.83. The third-order valence-electron chi connectivity index (χ3n) is 4.70. The Hall–Kier alpha value is -2.72. The minimum absolute atomic E-state index is 0. The van der Waals surface area contributed by atoms with E-state index in [2.05, 4.69) is 31.8 Å². The number of halogens is 2. The fraction of sp³-hybridized carbons (Fsp3) is 0.333. The Kier molecular flexibility index (Phi) is 9.40. The van der Waals surface area contributed by atoms with E-state index >= 15 is 0 Å². The zero-order chi connectivity index (χ0) is 22.4. The number of nitriles is 1. The zero-order valence-corrected chi connectivity index (χ0v) is 21.3. The van der Waals surface area contributed by atoms with Gasteiger partial charge in [-0.05, 0) is 51.0 Å². The number of nitrogens with one attached hydrogen (secondary N) is 2. The van der Waals surface area contributed by atoms with Crippen LogP contribution >= 0.6 is 35.3 Å². The van der Waals surface area contributed by atoms with Gasteiger partial charge in [0.2, 0.25) is 0 Å². The molecule has 170 valence electrons. The molecule has 0 amide bonds. The van der Waals surface area contributed by atoms with Crippen LogP contribution in [0.5, 0.6) is 0 Å². The van der Waals surface area contributed by atoms with Crippen LogP contribution in [-0.2, 0) is 13.0 Å². The monoisotopic (exact) mass is 568 g/mol.